The van der Waals surface area contributed by atoms with Crippen LogP contribution >= 0.6 is 0 Å². The number of anilines is 1. The van der Waals surface area contributed by atoms with Gasteiger partial charge in [-0.05, 0) is 19.3 Å². The van der Waals surface area contributed by atoms with Crippen LogP contribution in [0.25, 0.3) is 0 Å². The quantitative estimate of drug-likeness (QED) is 0.524. The van der Waals surface area contributed by atoms with Crippen LogP contribution in [0.1, 0.15) is 24.1 Å². The molecule has 1 aliphatic heterocycles. The highest BCUT2D eigenvalue weighted by Gasteiger charge is 2.28. The van der Waals surface area contributed by atoms with Crippen LogP contribution < -0.4 is 16.4 Å². The number of H-pyrrole nitrogens is 1. The molecular weight excluding hydrogens is 308 g/mol. The van der Waals surface area contributed by atoms with E-state index < -0.39 is 9.84 Å². The van der Waals surface area contributed by atoms with Gasteiger partial charge in [0, 0.05) is 12.6 Å². The van der Waals surface area contributed by atoms with Gasteiger partial charge in [0.05, 0.1) is 17.2 Å². The number of carbonyl (C=O) groups is 1. The van der Waals surface area contributed by atoms with Gasteiger partial charge in [-0.1, -0.05) is 0 Å². The first-order chi connectivity index (χ1) is 10.4. The molecule has 2 rings (SSSR count). The van der Waals surface area contributed by atoms with Crippen molar-refractivity contribution in [3.63, 3.8) is 0 Å². The van der Waals surface area contributed by atoms with Gasteiger partial charge >= 0.3 is 6.03 Å². The van der Waals surface area contributed by atoms with Gasteiger partial charge in [-0.2, -0.15) is 10.4 Å². The van der Waals surface area contributed by atoms with Gasteiger partial charge in [0.2, 0.25) is 0 Å². The van der Waals surface area contributed by atoms with Crippen molar-refractivity contribution in [3.8, 4) is 6.07 Å². The fraction of sp³-hybridized carbons (Fsp3) is 0.583. The van der Waals surface area contributed by atoms with Crippen molar-refractivity contribution >= 4 is 21.7 Å². The molecule has 0 bridgehead atoms. The largest absolute Gasteiger partial charge is 0.381 e. The third-order valence-corrected chi connectivity index (χ3v) is 5.21. The normalized spacial score (nSPS) is 19.5. The van der Waals surface area contributed by atoms with Gasteiger partial charge in [-0.15, -0.1) is 0 Å². The first kappa shape index (κ1) is 16.1. The summed E-state index contributed by atoms with van der Waals surface area (Å²) >= 11 is 0. The lowest BCUT2D eigenvalue weighted by molar-refractivity contribution is 0.238. The Morgan fingerprint density at radius 2 is 2.32 bits per heavy atom. The molecule has 0 saturated carbocycles. The number of aromatic nitrogens is 2. The molecule has 0 spiro atoms. The molecule has 0 aromatic carbocycles. The Kier molecular flexibility index (Phi) is 4.87. The van der Waals surface area contributed by atoms with E-state index in [0.717, 1.165) is 0 Å². The number of nitrogen functional groups attached to an aromatic ring is 1. The molecule has 1 atom stereocenters. The summed E-state index contributed by atoms with van der Waals surface area (Å²) in [6.45, 7) is 0.398. The molecule has 9 nitrogen and oxygen atoms in total. The predicted molar refractivity (Wildman–Crippen MR) is 79.6 cm³/mol. The van der Waals surface area contributed by atoms with Crippen molar-refractivity contribution in [1.29, 1.82) is 5.26 Å². The smallest absolute Gasteiger partial charge is 0.315 e. The molecule has 120 valence electrons. The molecule has 1 aromatic rings. The maximum atomic E-state index is 11.6. The molecule has 2 amide bonds. The zero-order valence-corrected chi connectivity index (χ0v) is 12.7. The Labute approximate surface area is 128 Å². The third kappa shape index (κ3) is 4.11. The van der Waals surface area contributed by atoms with Crippen LogP contribution in [0.15, 0.2) is 0 Å². The van der Waals surface area contributed by atoms with Gasteiger partial charge in [-0.3, -0.25) is 5.10 Å². The molecular formula is C12H18N6O3S. The molecule has 5 N–H and O–H groups in total. The van der Waals surface area contributed by atoms with Gasteiger partial charge in [-0.25, -0.2) is 13.2 Å². The summed E-state index contributed by atoms with van der Waals surface area (Å²) in [5.74, 6) is 0.292. The van der Waals surface area contributed by atoms with E-state index in [1.807, 2.05) is 6.07 Å². The number of aromatic amines is 1. The Morgan fingerprint density at radius 3 is 2.95 bits per heavy atom. The number of urea groups is 1. The maximum absolute atomic E-state index is 11.6. The number of sulfone groups is 1. The van der Waals surface area contributed by atoms with Crippen molar-refractivity contribution in [1.82, 2.24) is 20.8 Å². The van der Waals surface area contributed by atoms with Crippen LogP contribution in [0.2, 0.25) is 0 Å². The number of nitrogens with one attached hydrogen (secondary N) is 3. The molecule has 10 heteroatoms. The monoisotopic (exact) mass is 326 g/mol. The number of aryl methyl sites for hydroxylation is 1. The molecule has 1 aromatic heterocycles. The molecule has 1 fully saturated rings. The number of rotatable bonds is 5. The van der Waals surface area contributed by atoms with E-state index in [1.54, 1.807) is 0 Å². The van der Waals surface area contributed by atoms with Crippen molar-refractivity contribution in [3.05, 3.63) is 11.3 Å². The highest BCUT2D eigenvalue weighted by atomic mass is 32.2. The minimum absolute atomic E-state index is 0.000624. The molecule has 22 heavy (non-hydrogen) atoms. The maximum Gasteiger partial charge on any atom is 0.315 e. The number of hydrogen-bond donors (Lipinski definition) is 4. The van der Waals surface area contributed by atoms with Gasteiger partial charge in [0.15, 0.2) is 15.7 Å². The van der Waals surface area contributed by atoms with Crippen molar-refractivity contribution < 1.29 is 13.2 Å². The van der Waals surface area contributed by atoms with E-state index in [2.05, 4.69) is 20.8 Å². The first-order valence-electron chi connectivity index (χ1n) is 6.89. The second-order valence-corrected chi connectivity index (χ2v) is 7.41. The molecule has 1 saturated heterocycles. The summed E-state index contributed by atoms with van der Waals surface area (Å²) in [7, 11) is -3.00. The SMILES string of the molecule is N#Cc1c(N)n[nH]c1CCCNC(=O)NC1CCS(=O)(=O)C1. The average Bonchev–Trinajstić information content (AvgIpc) is 2.97. The lowest BCUT2D eigenvalue weighted by Gasteiger charge is -2.11. The van der Waals surface area contributed by atoms with E-state index >= 15 is 0 Å². The lowest BCUT2D eigenvalue weighted by Crippen LogP contribution is -2.43. The van der Waals surface area contributed by atoms with Gasteiger partial charge in [0.25, 0.3) is 0 Å². The first-order valence-corrected chi connectivity index (χ1v) is 8.71. The molecule has 0 aliphatic carbocycles. The van der Waals surface area contributed by atoms with E-state index in [-0.39, 0.29) is 29.4 Å². The zero-order chi connectivity index (χ0) is 16.2. The molecule has 1 aliphatic rings. The number of nitrogens with zero attached hydrogens (tertiary/aromatic N) is 2. The van der Waals surface area contributed by atoms with Crippen LogP contribution in [0.3, 0.4) is 0 Å². The average molecular weight is 326 g/mol. The summed E-state index contributed by atoms with van der Waals surface area (Å²) in [6, 6.07) is 1.27. The highest BCUT2D eigenvalue weighted by molar-refractivity contribution is 7.91. The highest BCUT2D eigenvalue weighted by Crippen LogP contribution is 2.13. The zero-order valence-electron chi connectivity index (χ0n) is 11.9. The number of amides is 2. The van der Waals surface area contributed by atoms with Crippen LogP contribution in [0, 0.1) is 11.3 Å². The second kappa shape index (κ2) is 6.65. The Bertz CT molecular complexity index is 690. The summed E-state index contributed by atoms with van der Waals surface area (Å²) in [5, 5.41) is 20.7. The Balaban J connectivity index is 1.68. The van der Waals surface area contributed by atoms with Gasteiger partial charge in [0.1, 0.15) is 11.6 Å². The lowest BCUT2D eigenvalue weighted by atomic mass is 10.1. The third-order valence-electron chi connectivity index (χ3n) is 3.44. The van der Waals surface area contributed by atoms with Crippen LogP contribution in [0.4, 0.5) is 10.6 Å². The standard InChI is InChI=1S/C12H18N6O3S/c13-6-9-10(17-18-11(9)14)2-1-4-15-12(19)16-8-3-5-22(20,21)7-8/h8H,1-5,7H2,(H3,14,17,18)(H2,15,16,19). The summed E-state index contributed by atoms with van der Waals surface area (Å²) in [5.41, 5.74) is 6.50. The number of carbonyl (C=O) groups excluding carboxylic acids is 1. The number of hydrogen-bond acceptors (Lipinski definition) is 6. The summed E-state index contributed by atoms with van der Waals surface area (Å²) in [6.07, 6.45) is 1.59. The van der Waals surface area contributed by atoms with Crippen molar-refractivity contribution in [2.45, 2.75) is 25.3 Å². The second-order valence-electron chi connectivity index (χ2n) is 5.18. The molecule has 1 unspecified atom stereocenters. The summed E-state index contributed by atoms with van der Waals surface area (Å²) < 4.78 is 22.6. The minimum atomic E-state index is -3.00. The van der Waals surface area contributed by atoms with E-state index in [4.69, 9.17) is 11.0 Å². The Morgan fingerprint density at radius 1 is 1.55 bits per heavy atom. The number of nitrogens with two attached hydrogens (primary N) is 1. The van der Waals surface area contributed by atoms with Crippen LogP contribution in [-0.4, -0.2) is 48.7 Å². The predicted octanol–water partition coefficient (Wildman–Crippen LogP) is -0.718. The van der Waals surface area contributed by atoms with Gasteiger partial charge < -0.3 is 16.4 Å². The van der Waals surface area contributed by atoms with Crippen molar-refractivity contribution in [2.24, 2.45) is 0 Å². The van der Waals surface area contributed by atoms with Crippen molar-refractivity contribution in [2.75, 3.05) is 23.8 Å². The van der Waals surface area contributed by atoms with Crippen LogP contribution in [0.5, 0.6) is 0 Å². The Hall–Kier alpha value is -2.28. The van der Waals surface area contributed by atoms with E-state index in [9.17, 15) is 13.2 Å². The number of nitriles is 1. The topological polar surface area (TPSA) is 154 Å². The van der Waals surface area contributed by atoms with E-state index in [0.29, 0.717) is 37.1 Å². The van der Waals surface area contributed by atoms with Crippen LogP contribution in [-0.2, 0) is 16.3 Å². The fourth-order valence-corrected chi connectivity index (χ4v) is 3.99. The summed E-state index contributed by atoms with van der Waals surface area (Å²) in [4.78, 5) is 11.6. The molecule has 2 heterocycles. The van der Waals surface area contributed by atoms with E-state index in [1.165, 1.54) is 0 Å². The molecule has 0 radical (unpaired) electrons. The fourth-order valence-electron chi connectivity index (χ4n) is 2.31. The minimum Gasteiger partial charge on any atom is -0.381 e.